The zero-order valence-corrected chi connectivity index (χ0v) is 10.9. The van der Waals surface area contributed by atoms with E-state index in [2.05, 4.69) is 30.6 Å². The van der Waals surface area contributed by atoms with Gasteiger partial charge in [0.05, 0.1) is 0 Å². The lowest BCUT2D eigenvalue weighted by molar-refractivity contribution is 0.185. The van der Waals surface area contributed by atoms with Gasteiger partial charge in [-0.2, -0.15) is 0 Å². The van der Waals surface area contributed by atoms with Crippen LogP contribution in [0.2, 0.25) is 0 Å². The van der Waals surface area contributed by atoms with Crippen LogP contribution in [0, 0.1) is 5.82 Å². The number of nitrogens with zero attached hydrogens (tertiary/aromatic N) is 2. The minimum Gasteiger partial charge on any atom is -0.366 e. The van der Waals surface area contributed by atoms with Crippen LogP contribution in [0.4, 0.5) is 10.1 Å². The Hall–Kier alpha value is -1.09. The predicted octanol–water partition coefficient (Wildman–Crippen LogP) is 2.74. The molecule has 0 saturated carbocycles. The number of piperazine rings is 1. The largest absolute Gasteiger partial charge is 0.366 e. The van der Waals surface area contributed by atoms with Gasteiger partial charge in [0, 0.05) is 37.4 Å². The van der Waals surface area contributed by atoms with Crippen LogP contribution in [-0.4, -0.2) is 36.6 Å². The number of hydrogen-bond acceptors (Lipinski definition) is 2. The number of anilines is 1. The smallest absolute Gasteiger partial charge is 0.123 e. The molecule has 0 aromatic heterocycles. The van der Waals surface area contributed by atoms with Crippen molar-refractivity contribution in [3.05, 3.63) is 30.1 Å². The SMILES string of the molecule is CC(C)N1CCN(c2ccc(F)cc2)[C@H](C)C1. The van der Waals surface area contributed by atoms with Crippen molar-refractivity contribution in [3.8, 4) is 0 Å². The van der Waals surface area contributed by atoms with Gasteiger partial charge in [-0.05, 0) is 45.0 Å². The highest BCUT2D eigenvalue weighted by atomic mass is 19.1. The van der Waals surface area contributed by atoms with Gasteiger partial charge in [-0.1, -0.05) is 0 Å². The summed E-state index contributed by atoms with van der Waals surface area (Å²) >= 11 is 0. The first-order valence-electron chi connectivity index (χ1n) is 6.34. The Morgan fingerprint density at radius 1 is 1.18 bits per heavy atom. The van der Waals surface area contributed by atoms with Crippen molar-refractivity contribution in [3.63, 3.8) is 0 Å². The van der Waals surface area contributed by atoms with Crippen molar-refractivity contribution in [2.45, 2.75) is 32.9 Å². The van der Waals surface area contributed by atoms with Gasteiger partial charge >= 0.3 is 0 Å². The molecule has 1 heterocycles. The van der Waals surface area contributed by atoms with Crippen LogP contribution in [0.3, 0.4) is 0 Å². The van der Waals surface area contributed by atoms with E-state index < -0.39 is 0 Å². The number of rotatable bonds is 2. The van der Waals surface area contributed by atoms with Crippen LogP contribution < -0.4 is 4.90 Å². The monoisotopic (exact) mass is 236 g/mol. The summed E-state index contributed by atoms with van der Waals surface area (Å²) in [6.45, 7) is 9.89. The van der Waals surface area contributed by atoms with E-state index in [0.29, 0.717) is 12.1 Å². The van der Waals surface area contributed by atoms with Crippen molar-refractivity contribution < 1.29 is 4.39 Å². The van der Waals surface area contributed by atoms with Crippen LogP contribution in [-0.2, 0) is 0 Å². The number of benzene rings is 1. The third-order valence-corrected chi connectivity index (χ3v) is 3.55. The normalized spacial score (nSPS) is 22.2. The summed E-state index contributed by atoms with van der Waals surface area (Å²) < 4.78 is 12.9. The molecular formula is C14H21FN2. The Bertz CT molecular complexity index is 361. The molecule has 0 spiro atoms. The van der Waals surface area contributed by atoms with Gasteiger partial charge in [0.15, 0.2) is 0 Å². The van der Waals surface area contributed by atoms with Gasteiger partial charge in [-0.3, -0.25) is 4.90 Å². The Morgan fingerprint density at radius 2 is 1.82 bits per heavy atom. The van der Waals surface area contributed by atoms with Gasteiger partial charge < -0.3 is 4.90 Å². The van der Waals surface area contributed by atoms with Crippen molar-refractivity contribution in [2.75, 3.05) is 24.5 Å². The summed E-state index contributed by atoms with van der Waals surface area (Å²) in [6.07, 6.45) is 0. The molecule has 0 N–H and O–H groups in total. The molecule has 0 bridgehead atoms. The summed E-state index contributed by atoms with van der Waals surface area (Å²) in [5, 5.41) is 0. The maximum atomic E-state index is 12.9. The van der Waals surface area contributed by atoms with Crippen LogP contribution in [0.15, 0.2) is 24.3 Å². The predicted molar refractivity (Wildman–Crippen MR) is 69.9 cm³/mol. The van der Waals surface area contributed by atoms with Crippen molar-refractivity contribution in [1.29, 1.82) is 0 Å². The molecule has 0 unspecified atom stereocenters. The second-order valence-electron chi connectivity index (χ2n) is 5.11. The summed E-state index contributed by atoms with van der Waals surface area (Å²) in [5.74, 6) is -0.165. The molecule has 3 heteroatoms. The van der Waals surface area contributed by atoms with Crippen molar-refractivity contribution in [2.24, 2.45) is 0 Å². The standard InChI is InChI=1S/C14H21FN2/c1-11(2)16-8-9-17(12(3)10-16)14-6-4-13(15)5-7-14/h4-7,11-12H,8-10H2,1-3H3/t12-/m1/s1. The number of hydrogen-bond donors (Lipinski definition) is 0. The molecular weight excluding hydrogens is 215 g/mol. The highest BCUT2D eigenvalue weighted by Crippen LogP contribution is 2.21. The molecule has 2 rings (SSSR count). The first-order valence-corrected chi connectivity index (χ1v) is 6.34. The second-order valence-corrected chi connectivity index (χ2v) is 5.11. The molecule has 0 aliphatic carbocycles. The van der Waals surface area contributed by atoms with Crippen LogP contribution >= 0.6 is 0 Å². The quantitative estimate of drug-likeness (QED) is 0.779. The van der Waals surface area contributed by atoms with Crippen molar-refractivity contribution >= 4 is 5.69 Å². The van der Waals surface area contributed by atoms with Gasteiger partial charge in [0.2, 0.25) is 0 Å². The lowest BCUT2D eigenvalue weighted by Crippen LogP contribution is -2.53. The molecule has 1 atom stereocenters. The topological polar surface area (TPSA) is 6.48 Å². The molecule has 1 fully saturated rings. The highest BCUT2D eigenvalue weighted by Gasteiger charge is 2.24. The molecule has 0 radical (unpaired) electrons. The van der Waals surface area contributed by atoms with E-state index in [1.807, 2.05) is 12.1 Å². The average molecular weight is 236 g/mol. The summed E-state index contributed by atoms with van der Waals surface area (Å²) in [4.78, 5) is 4.85. The molecule has 0 amide bonds. The fraction of sp³-hybridized carbons (Fsp3) is 0.571. The number of halogens is 1. The lowest BCUT2D eigenvalue weighted by Gasteiger charge is -2.43. The Balaban J connectivity index is 2.06. The van der Waals surface area contributed by atoms with E-state index in [1.165, 1.54) is 12.1 Å². The Labute approximate surface area is 103 Å². The summed E-state index contributed by atoms with van der Waals surface area (Å²) in [7, 11) is 0. The van der Waals surface area contributed by atoms with Crippen LogP contribution in [0.5, 0.6) is 0 Å². The molecule has 1 aromatic carbocycles. The first-order chi connectivity index (χ1) is 8.08. The fourth-order valence-corrected chi connectivity index (χ4v) is 2.47. The maximum absolute atomic E-state index is 12.9. The van der Waals surface area contributed by atoms with E-state index in [1.54, 1.807) is 0 Å². The highest BCUT2D eigenvalue weighted by molar-refractivity contribution is 5.47. The minimum atomic E-state index is -0.165. The summed E-state index contributed by atoms with van der Waals surface area (Å²) in [6, 6.07) is 7.91. The molecule has 1 aliphatic rings. The van der Waals surface area contributed by atoms with E-state index in [9.17, 15) is 4.39 Å². The zero-order valence-electron chi connectivity index (χ0n) is 10.9. The lowest BCUT2D eigenvalue weighted by atomic mass is 10.1. The van der Waals surface area contributed by atoms with E-state index in [-0.39, 0.29) is 5.82 Å². The second kappa shape index (κ2) is 5.05. The van der Waals surface area contributed by atoms with Gasteiger partial charge in [-0.15, -0.1) is 0 Å². The molecule has 94 valence electrons. The fourth-order valence-electron chi connectivity index (χ4n) is 2.47. The van der Waals surface area contributed by atoms with Crippen LogP contribution in [0.25, 0.3) is 0 Å². The van der Waals surface area contributed by atoms with E-state index in [4.69, 9.17) is 0 Å². The molecule has 2 nitrogen and oxygen atoms in total. The third-order valence-electron chi connectivity index (χ3n) is 3.55. The first kappa shape index (κ1) is 12.4. The molecule has 1 saturated heterocycles. The third kappa shape index (κ3) is 2.78. The van der Waals surface area contributed by atoms with Gasteiger partial charge in [0.25, 0.3) is 0 Å². The Morgan fingerprint density at radius 3 is 2.35 bits per heavy atom. The van der Waals surface area contributed by atoms with Gasteiger partial charge in [-0.25, -0.2) is 4.39 Å². The zero-order chi connectivity index (χ0) is 12.4. The summed E-state index contributed by atoms with van der Waals surface area (Å²) in [5.41, 5.74) is 1.13. The van der Waals surface area contributed by atoms with Crippen molar-refractivity contribution in [1.82, 2.24) is 4.90 Å². The van der Waals surface area contributed by atoms with E-state index >= 15 is 0 Å². The van der Waals surface area contributed by atoms with Gasteiger partial charge in [0.1, 0.15) is 5.82 Å². The Kier molecular flexibility index (Phi) is 3.67. The average Bonchev–Trinajstić information content (AvgIpc) is 2.30. The van der Waals surface area contributed by atoms with E-state index in [0.717, 1.165) is 25.3 Å². The minimum absolute atomic E-state index is 0.165. The maximum Gasteiger partial charge on any atom is 0.123 e. The van der Waals surface area contributed by atoms with Crippen LogP contribution in [0.1, 0.15) is 20.8 Å². The molecule has 1 aromatic rings. The molecule has 17 heavy (non-hydrogen) atoms. The molecule has 1 aliphatic heterocycles.